The molecule has 0 radical (unpaired) electrons. The van der Waals surface area contributed by atoms with E-state index in [4.69, 9.17) is 5.11 Å². The Labute approximate surface area is 75.0 Å². The summed E-state index contributed by atoms with van der Waals surface area (Å²) in [6, 6.07) is 0. The van der Waals surface area contributed by atoms with E-state index < -0.39 is 5.97 Å². The van der Waals surface area contributed by atoms with Crippen molar-refractivity contribution in [2.75, 3.05) is 0 Å². The molecule has 1 atom stereocenters. The Balaban J connectivity index is 3.88. The molecule has 72 valence electrons. The quantitative estimate of drug-likeness (QED) is 0.692. The molecule has 0 spiro atoms. The lowest BCUT2D eigenvalue weighted by Crippen LogP contribution is -2.20. The molecule has 0 aromatic heterocycles. The second kappa shape index (κ2) is 5.18. The van der Waals surface area contributed by atoms with Crippen LogP contribution in [0.25, 0.3) is 0 Å². The van der Waals surface area contributed by atoms with E-state index in [1.165, 1.54) is 0 Å². The second-order valence-electron chi connectivity index (χ2n) is 4.16. The van der Waals surface area contributed by atoms with Gasteiger partial charge in [-0.2, -0.15) is 0 Å². The van der Waals surface area contributed by atoms with Crippen LogP contribution in [0.5, 0.6) is 0 Å². The lowest BCUT2D eigenvalue weighted by molar-refractivity contribution is -0.143. The van der Waals surface area contributed by atoms with Crippen LogP contribution in [0.3, 0.4) is 0 Å². The van der Waals surface area contributed by atoms with E-state index >= 15 is 0 Å². The fraction of sp³-hybridized carbons (Fsp3) is 0.900. The maximum Gasteiger partial charge on any atom is 0.306 e. The van der Waals surface area contributed by atoms with Crippen molar-refractivity contribution in [1.29, 1.82) is 0 Å². The molecule has 0 fully saturated rings. The number of carboxylic acids is 1. The fourth-order valence-electron chi connectivity index (χ4n) is 1.25. The summed E-state index contributed by atoms with van der Waals surface area (Å²) in [6.07, 6.45) is 1.82. The van der Waals surface area contributed by atoms with Crippen LogP contribution in [0, 0.1) is 17.8 Å². The van der Waals surface area contributed by atoms with Gasteiger partial charge in [0.1, 0.15) is 0 Å². The first kappa shape index (κ1) is 11.5. The van der Waals surface area contributed by atoms with Crippen LogP contribution >= 0.6 is 0 Å². The standard InChI is InChI=1S/C10H20O2/c1-7(2)5-6-9(8(3)4)10(11)12/h7-9H,5-6H2,1-4H3,(H,11,12)/t9-/m1/s1. The first-order valence-electron chi connectivity index (χ1n) is 4.68. The van der Waals surface area contributed by atoms with Gasteiger partial charge in [0.15, 0.2) is 0 Å². The molecule has 0 aliphatic rings. The number of hydrogen-bond acceptors (Lipinski definition) is 1. The van der Waals surface area contributed by atoms with E-state index in [2.05, 4.69) is 13.8 Å². The molecular weight excluding hydrogens is 152 g/mol. The van der Waals surface area contributed by atoms with E-state index in [1.807, 2.05) is 13.8 Å². The van der Waals surface area contributed by atoms with Crippen LogP contribution in [0.1, 0.15) is 40.5 Å². The van der Waals surface area contributed by atoms with Gasteiger partial charge in [0, 0.05) is 0 Å². The van der Waals surface area contributed by atoms with Crippen LogP contribution in [-0.4, -0.2) is 11.1 Å². The van der Waals surface area contributed by atoms with Crippen molar-refractivity contribution < 1.29 is 9.90 Å². The first-order chi connectivity index (χ1) is 5.45. The van der Waals surface area contributed by atoms with Crippen LogP contribution in [0.4, 0.5) is 0 Å². The molecule has 0 heterocycles. The Hall–Kier alpha value is -0.530. The Morgan fingerprint density at radius 2 is 1.67 bits per heavy atom. The summed E-state index contributed by atoms with van der Waals surface area (Å²) < 4.78 is 0. The summed E-state index contributed by atoms with van der Waals surface area (Å²) in [7, 11) is 0. The van der Waals surface area contributed by atoms with Crippen LogP contribution in [-0.2, 0) is 4.79 Å². The van der Waals surface area contributed by atoms with Crippen molar-refractivity contribution in [3.8, 4) is 0 Å². The second-order valence-corrected chi connectivity index (χ2v) is 4.16. The summed E-state index contributed by atoms with van der Waals surface area (Å²) in [5, 5.41) is 8.86. The van der Waals surface area contributed by atoms with Crippen molar-refractivity contribution in [2.45, 2.75) is 40.5 Å². The molecule has 0 aliphatic heterocycles. The van der Waals surface area contributed by atoms with Crippen molar-refractivity contribution in [1.82, 2.24) is 0 Å². The van der Waals surface area contributed by atoms with Gasteiger partial charge in [0.05, 0.1) is 5.92 Å². The van der Waals surface area contributed by atoms with E-state index in [0.29, 0.717) is 5.92 Å². The SMILES string of the molecule is CC(C)CC[C@@H](C(=O)O)C(C)C. The zero-order valence-electron chi connectivity index (χ0n) is 8.50. The predicted molar refractivity (Wildman–Crippen MR) is 50.0 cm³/mol. The summed E-state index contributed by atoms with van der Waals surface area (Å²) >= 11 is 0. The van der Waals surface area contributed by atoms with E-state index in [-0.39, 0.29) is 11.8 Å². The third-order valence-electron chi connectivity index (χ3n) is 2.18. The highest BCUT2D eigenvalue weighted by Crippen LogP contribution is 2.19. The largest absolute Gasteiger partial charge is 0.481 e. The number of carboxylic acid groups (broad SMARTS) is 1. The summed E-state index contributed by atoms with van der Waals surface area (Å²) in [4.78, 5) is 10.8. The van der Waals surface area contributed by atoms with Crippen LogP contribution in [0.2, 0.25) is 0 Å². The molecule has 2 nitrogen and oxygen atoms in total. The zero-order valence-corrected chi connectivity index (χ0v) is 8.50. The van der Waals surface area contributed by atoms with Gasteiger partial charge in [0.2, 0.25) is 0 Å². The molecule has 0 aromatic carbocycles. The van der Waals surface area contributed by atoms with Crippen molar-refractivity contribution in [2.24, 2.45) is 17.8 Å². The molecule has 0 aromatic rings. The molecule has 0 aliphatic carbocycles. The summed E-state index contributed by atoms with van der Waals surface area (Å²) in [5.74, 6) is 0.0462. The maximum absolute atomic E-state index is 10.8. The van der Waals surface area contributed by atoms with Gasteiger partial charge in [-0.05, 0) is 18.3 Å². The first-order valence-corrected chi connectivity index (χ1v) is 4.68. The molecule has 2 heteroatoms. The van der Waals surface area contributed by atoms with Crippen molar-refractivity contribution in [3.05, 3.63) is 0 Å². The highest BCUT2D eigenvalue weighted by Gasteiger charge is 2.20. The van der Waals surface area contributed by atoms with Gasteiger partial charge < -0.3 is 5.11 Å². The summed E-state index contributed by atoms with van der Waals surface area (Å²) in [6.45, 7) is 8.19. The molecular formula is C10H20O2. The minimum absolute atomic E-state index is 0.160. The molecule has 0 saturated heterocycles. The molecule has 1 N–H and O–H groups in total. The van der Waals surface area contributed by atoms with Crippen molar-refractivity contribution >= 4 is 5.97 Å². The minimum atomic E-state index is -0.648. The van der Waals surface area contributed by atoms with E-state index in [1.54, 1.807) is 0 Å². The molecule has 12 heavy (non-hydrogen) atoms. The monoisotopic (exact) mass is 172 g/mol. The molecule has 0 rings (SSSR count). The van der Waals surface area contributed by atoms with E-state index in [9.17, 15) is 4.79 Å². The Kier molecular flexibility index (Phi) is 4.95. The maximum atomic E-state index is 10.8. The third kappa shape index (κ3) is 4.37. The normalized spacial score (nSPS) is 13.8. The van der Waals surface area contributed by atoms with Gasteiger partial charge in [-0.3, -0.25) is 4.79 Å². The van der Waals surface area contributed by atoms with Crippen LogP contribution < -0.4 is 0 Å². The predicted octanol–water partition coefficient (Wildman–Crippen LogP) is 2.78. The highest BCUT2D eigenvalue weighted by atomic mass is 16.4. The zero-order chi connectivity index (χ0) is 9.72. The number of hydrogen-bond donors (Lipinski definition) is 1. The van der Waals surface area contributed by atoms with Gasteiger partial charge in [0.25, 0.3) is 0 Å². The topological polar surface area (TPSA) is 37.3 Å². The lowest BCUT2D eigenvalue weighted by atomic mass is 9.89. The Bertz CT molecular complexity index is 139. The van der Waals surface area contributed by atoms with Crippen LogP contribution in [0.15, 0.2) is 0 Å². The lowest BCUT2D eigenvalue weighted by Gasteiger charge is -2.16. The van der Waals surface area contributed by atoms with Crippen molar-refractivity contribution in [3.63, 3.8) is 0 Å². The Morgan fingerprint density at radius 1 is 1.17 bits per heavy atom. The summed E-state index contributed by atoms with van der Waals surface area (Å²) in [5.41, 5.74) is 0. The average Bonchev–Trinajstić information content (AvgIpc) is 1.84. The molecule has 0 unspecified atom stereocenters. The third-order valence-corrected chi connectivity index (χ3v) is 2.18. The van der Waals surface area contributed by atoms with Gasteiger partial charge in [-0.25, -0.2) is 0 Å². The molecule has 0 amide bonds. The highest BCUT2D eigenvalue weighted by molar-refractivity contribution is 5.70. The van der Waals surface area contributed by atoms with Gasteiger partial charge in [-0.15, -0.1) is 0 Å². The van der Waals surface area contributed by atoms with E-state index in [0.717, 1.165) is 12.8 Å². The number of aliphatic carboxylic acids is 1. The number of rotatable bonds is 5. The number of carbonyl (C=O) groups is 1. The smallest absolute Gasteiger partial charge is 0.306 e. The average molecular weight is 172 g/mol. The fourth-order valence-corrected chi connectivity index (χ4v) is 1.25. The molecule has 0 saturated carbocycles. The Morgan fingerprint density at radius 3 is 1.92 bits per heavy atom. The minimum Gasteiger partial charge on any atom is -0.481 e. The van der Waals surface area contributed by atoms with Gasteiger partial charge >= 0.3 is 5.97 Å². The van der Waals surface area contributed by atoms with Gasteiger partial charge in [-0.1, -0.05) is 34.1 Å². The molecule has 0 bridgehead atoms.